The molecule has 3 heteroatoms. The normalized spacial score (nSPS) is 38.5. The molecule has 1 heterocycles. The van der Waals surface area contributed by atoms with E-state index in [1.807, 2.05) is 0 Å². The molecule has 3 nitrogen and oxygen atoms in total. The van der Waals surface area contributed by atoms with E-state index in [1.165, 1.54) is 45.4 Å². The van der Waals surface area contributed by atoms with E-state index in [1.54, 1.807) is 0 Å². The third-order valence-electron chi connectivity index (χ3n) is 5.25. The van der Waals surface area contributed by atoms with E-state index < -0.39 is 0 Å². The summed E-state index contributed by atoms with van der Waals surface area (Å²) in [5.74, 6) is 1.78. The molecule has 0 aromatic rings. The Morgan fingerprint density at radius 1 is 1.16 bits per heavy atom. The van der Waals surface area contributed by atoms with Crippen LogP contribution in [0.1, 0.15) is 40.0 Å². The highest BCUT2D eigenvalue weighted by atomic mass is 15.3. The van der Waals surface area contributed by atoms with Crippen molar-refractivity contribution in [2.45, 2.75) is 52.1 Å². The number of nitrogens with one attached hydrogen (secondary N) is 1. The fourth-order valence-corrected chi connectivity index (χ4v) is 3.85. The van der Waals surface area contributed by atoms with Crippen LogP contribution in [0.5, 0.6) is 0 Å². The Morgan fingerprint density at radius 3 is 2.63 bits per heavy atom. The van der Waals surface area contributed by atoms with Gasteiger partial charge in [-0.2, -0.15) is 0 Å². The lowest BCUT2D eigenvalue weighted by molar-refractivity contribution is 0.0721. The van der Waals surface area contributed by atoms with Crippen LogP contribution in [-0.2, 0) is 0 Å². The van der Waals surface area contributed by atoms with Crippen molar-refractivity contribution >= 4 is 0 Å². The molecule has 0 amide bonds. The van der Waals surface area contributed by atoms with Crippen LogP contribution in [0.3, 0.4) is 0 Å². The van der Waals surface area contributed by atoms with Crippen LogP contribution < -0.4 is 5.32 Å². The van der Waals surface area contributed by atoms with Gasteiger partial charge in [0.2, 0.25) is 0 Å². The summed E-state index contributed by atoms with van der Waals surface area (Å²) in [4.78, 5) is 5.19. The van der Waals surface area contributed by atoms with Crippen LogP contribution in [0, 0.1) is 11.8 Å². The largest absolute Gasteiger partial charge is 0.314 e. The summed E-state index contributed by atoms with van der Waals surface area (Å²) >= 11 is 0. The highest BCUT2D eigenvalue weighted by Gasteiger charge is 2.31. The molecule has 0 radical (unpaired) electrons. The number of likely N-dealkylation sites (N-methyl/N-ethyl adjacent to an activating group) is 1. The predicted octanol–water partition coefficient (Wildman–Crippen LogP) is 2.04. The van der Waals surface area contributed by atoms with Gasteiger partial charge < -0.3 is 15.1 Å². The summed E-state index contributed by atoms with van der Waals surface area (Å²) in [6, 6.07) is 1.48. The lowest BCUT2D eigenvalue weighted by Gasteiger charge is -2.42. The second-order valence-electron chi connectivity index (χ2n) is 6.93. The zero-order valence-electron chi connectivity index (χ0n) is 13.4. The van der Waals surface area contributed by atoms with Crippen molar-refractivity contribution in [2.24, 2.45) is 11.8 Å². The summed E-state index contributed by atoms with van der Waals surface area (Å²) in [5, 5.41) is 3.73. The first-order valence-electron chi connectivity index (χ1n) is 8.26. The third kappa shape index (κ3) is 4.17. The zero-order chi connectivity index (χ0) is 13.8. The minimum Gasteiger partial charge on any atom is -0.314 e. The molecular weight excluding hydrogens is 234 g/mol. The summed E-state index contributed by atoms with van der Waals surface area (Å²) in [7, 11) is 2.26. The predicted molar refractivity (Wildman–Crippen MR) is 82.5 cm³/mol. The van der Waals surface area contributed by atoms with Gasteiger partial charge in [0, 0.05) is 38.3 Å². The molecule has 0 spiro atoms. The van der Waals surface area contributed by atoms with E-state index in [4.69, 9.17) is 0 Å². The second-order valence-corrected chi connectivity index (χ2v) is 6.93. The molecule has 4 atom stereocenters. The minimum absolute atomic E-state index is 0.715. The lowest BCUT2D eigenvalue weighted by atomic mass is 9.78. The first-order chi connectivity index (χ1) is 9.10. The molecule has 4 unspecified atom stereocenters. The Morgan fingerprint density at radius 2 is 1.95 bits per heavy atom. The van der Waals surface area contributed by atoms with Gasteiger partial charge >= 0.3 is 0 Å². The number of nitrogens with zero attached hydrogens (tertiary/aromatic N) is 2. The van der Waals surface area contributed by atoms with E-state index in [9.17, 15) is 0 Å². The van der Waals surface area contributed by atoms with E-state index in [0.29, 0.717) is 6.04 Å². The van der Waals surface area contributed by atoms with Gasteiger partial charge in [-0.3, -0.25) is 0 Å². The van der Waals surface area contributed by atoms with Crippen molar-refractivity contribution < 1.29 is 0 Å². The standard InChI is InChI=1S/C16H33N3/c1-5-17-16-7-6-13(2)10-15(16)12-19-9-8-18(4)14(3)11-19/h13-17H,5-12H2,1-4H3. The van der Waals surface area contributed by atoms with E-state index in [0.717, 1.165) is 24.4 Å². The maximum Gasteiger partial charge on any atom is 0.0192 e. The van der Waals surface area contributed by atoms with Crippen molar-refractivity contribution in [1.29, 1.82) is 0 Å². The summed E-state index contributed by atoms with van der Waals surface area (Å²) < 4.78 is 0. The van der Waals surface area contributed by atoms with Crippen LogP contribution in [0.25, 0.3) is 0 Å². The molecule has 1 saturated carbocycles. The molecule has 1 N–H and O–H groups in total. The van der Waals surface area contributed by atoms with Crippen molar-refractivity contribution in [1.82, 2.24) is 15.1 Å². The Balaban J connectivity index is 1.87. The zero-order valence-corrected chi connectivity index (χ0v) is 13.4. The highest BCUT2D eigenvalue weighted by molar-refractivity contribution is 4.87. The number of hydrogen-bond acceptors (Lipinski definition) is 3. The van der Waals surface area contributed by atoms with E-state index in [-0.39, 0.29) is 0 Å². The Hall–Kier alpha value is -0.120. The van der Waals surface area contributed by atoms with Gasteiger partial charge in [0.05, 0.1) is 0 Å². The van der Waals surface area contributed by atoms with Crippen LogP contribution in [-0.4, -0.2) is 61.7 Å². The van der Waals surface area contributed by atoms with Crippen LogP contribution >= 0.6 is 0 Å². The summed E-state index contributed by atoms with van der Waals surface area (Å²) in [6.45, 7) is 13.2. The SMILES string of the molecule is CCNC1CCC(C)CC1CN1CCN(C)C(C)C1. The maximum atomic E-state index is 3.73. The number of rotatable bonds is 4. The van der Waals surface area contributed by atoms with Gasteiger partial charge in [0.1, 0.15) is 0 Å². The Labute approximate surface area is 119 Å². The molecule has 2 rings (SSSR count). The van der Waals surface area contributed by atoms with Crippen LogP contribution in [0.15, 0.2) is 0 Å². The summed E-state index contributed by atoms with van der Waals surface area (Å²) in [6.07, 6.45) is 4.20. The molecule has 19 heavy (non-hydrogen) atoms. The van der Waals surface area contributed by atoms with E-state index in [2.05, 4.69) is 42.9 Å². The van der Waals surface area contributed by atoms with Crippen molar-refractivity contribution in [3.8, 4) is 0 Å². The molecule has 0 aromatic heterocycles. The van der Waals surface area contributed by atoms with Crippen LogP contribution in [0.4, 0.5) is 0 Å². The fourth-order valence-electron chi connectivity index (χ4n) is 3.85. The molecule has 0 bridgehead atoms. The number of hydrogen-bond donors (Lipinski definition) is 1. The average molecular weight is 267 g/mol. The molecule has 2 fully saturated rings. The van der Waals surface area contributed by atoms with Crippen molar-refractivity contribution in [2.75, 3.05) is 39.8 Å². The smallest absolute Gasteiger partial charge is 0.0192 e. The lowest BCUT2D eigenvalue weighted by Crippen LogP contribution is -2.53. The first kappa shape index (κ1) is 15.3. The fraction of sp³-hybridized carbons (Fsp3) is 1.00. The molecule has 1 aliphatic heterocycles. The summed E-state index contributed by atoms with van der Waals surface area (Å²) in [5.41, 5.74) is 0. The molecule has 2 aliphatic rings. The third-order valence-corrected chi connectivity index (χ3v) is 5.25. The second kappa shape index (κ2) is 7.05. The topological polar surface area (TPSA) is 18.5 Å². The minimum atomic E-state index is 0.715. The Kier molecular flexibility index (Phi) is 5.67. The molecule has 0 aromatic carbocycles. The van der Waals surface area contributed by atoms with Crippen LogP contribution in [0.2, 0.25) is 0 Å². The monoisotopic (exact) mass is 267 g/mol. The highest BCUT2D eigenvalue weighted by Crippen LogP contribution is 2.30. The van der Waals surface area contributed by atoms with Gasteiger partial charge in [0.25, 0.3) is 0 Å². The average Bonchev–Trinajstić information content (AvgIpc) is 2.37. The first-order valence-corrected chi connectivity index (χ1v) is 8.26. The van der Waals surface area contributed by atoms with Gasteiger partial charge in [0.15, 0.2) is 0 Å². The maximum absolute atomic E-state index is 3.73. The van der Waals surface area contributed by atoms with Gasteiger partial charge in [-0.15, -0.1) is 0 Å². The number of piperazine rings is 1. The van der Waals surface area contributed by atoms with Gasteiger partial charge in [-0.05, 0) is 51.6 Å². The molecule has 112 valence electrons. The molecule has 1 aliphatic carbocycles. The van der Waals surface area contributed by atoms with Crippen molar-refractivity contribution in [3.63, 3.8) is 0 Å². The van der Waals surface area contributed by atoms with Crippen molar-refractivity contribution in [3.05, 3.63) is 0 Å². The Bertz CT molecular complexity index is 269. The quantitative estimate of drug-likeness (QED) is 0.841. The van der Waals surface area contributed by atoms with Gasteiger partial charge in [-0.1, -0.05) is 13.8 Å². The van der Waals surface area contributed by atoms with Gasteiger partial charge in [-0.25, -0.2) is 0 Å². The molecular formula is C16H33N3. The molecule has 1 saturated heterocycles. The van der Waals surface area contributed by atoms with E-state index >= 15 is 0 Å².